The molecule has 4 rings (SSSR count). The number of nitro groups is 1. The minimum absolute atomic E-state index is 0.0978. The lowest BCUT2D eigenvalue weighted by molar-refractivity contribution is -0.383. The zero-order valence-corrected chi connectivity index (χ0v) is 20.7. The Morgan fingerprint density at radius 3 is 2.19 bits per heavy atom. The summed E-state index contributed by atoms with van der Waals surface area (Å²) in [4.78, 5) is 29.0. The largest absolute Gasteiger partial charge is 0.367 e. The predicted molar refractivity (Wildman–Crippen MR) is 146 cm³/mol. The van der Waals surface area contributed by atoms with Crippen molar-refractivity contribution in [3.8, 4) is 0 Å². The van der Waals surface area contributed by atoms with Gasteiger partial charge >= 0.3 is 0 Å². The summed E-state index contributed by atoms with van der Waals surface area (Å²) in [6.45, 7) is 3.63. The maximum absolute atomic E-state index is 13.6. The quantitative estimate of drug-likeness (QED) is 0.252. The molecule has 1 amide bonds. The van der Waals surface area contributed by atoms with Crippen LogP contribution in [0.2, 0.25) is 0 Å². The fourth-order valence-corrected chi connectivity index (χ4v) is 4.31. The van der Waals surface area contributed by atoms with E-state index in [1.807, 2.05) is 54.6 Å². The van der Waals surface area contributed by atoms with Crippen LogP contribution in [-0.2, 0) is 4.79 Å². The molecule has 0 spiro atoms. The van der Waals surface area contributed by atoms with Crippen LogP contribution in [0, 0.1) is 10.1 Å². The van der Waals surface area contributed by atoms with Gasteiger partial charge in [-0.05, 0) is 43.0 Å². The summed E-state index contributed by atoms with van der Waals surface area (Å²) in [6.07, 6.45) is 0. The first-order valence-electron chi connectivity index (χ1n) is 11.6. The standard InChI is InChI=1S/C26H28N6O3S/c1-30-15-17-31(18-16-30)22-13-7-5-11-20(22)27-25(33)24(19-9-3-2-4-10-19)29-26(36)28-21-12-6-8-14-23(21)32(34)35/h2-14,24H,15-18H2,1H3,(H,27,33)(H2,28,29,36). The number of thiocarbonyl (C=S) groups is 1. The van der Waals surface area contributed by atoms with Crippen molar-refractivity contribution < 1.29 is 9.72 Å². The fraction of sp³-hybridized carbons (Fsp3) is 0.231. The molecule has 1 atom stereocenters. The number of benzene rings is 3. The van der Waals surface area contributed by atoms with Crippen LogP contribution in [0.25, 0.3) is 0 Å². The molecule has 3 aromatic rings. The number of para-hydroxylation sites is 4. The van der Waals surface area contributed by atoms with E-state index < -0.39 is 11.0 Å². The van der Waals surface area contributed by atoms with E-state index in [4.69, 9.17) is 12.2 Å². The number of likely N-dealkylation sites (N-methyl/N-ethyl adjacent to an activating group) is 1. The Hall–Kier alpha value is -4.02. The van der Waals surface area contributed by atoms with Gasteiger partial charge < -0.3 is 25.8 Å². The highest BCUT2D eigenvalue weighted by Crippen LogP contribution is 2.28. The number of piperazine rings is 1. The van der Waals surface area contributed by atoms with Crippen molar-refractivity contribution in [2.45, 2.75) is 6.04 Å². The molecule has 10 heteroatoms. The molecule has 1 saturated heterocycles. The second-order valence-corrected chi connectivity index (χ2v) is 8.92. The number of hydrogen-bond acceptors (Lipinski definition) is 6. The van der Waals surface area contributed by atoms with E-state index in [0.29, 0.717) is 11.3 Å². The molecule has 1 aliphatic rings. The summed E-state index contributed by atoms with van der Waals surface area (Å²) >= 11 is 5.44. The molecule has 1 fully saturated rings. The lowest BCUT2D eigenvalue weighted by Crippen LogP contribution is -2.45. The van der Waals surface area contributed by atoms with Crippen molar-refractivity contribution in [1.82, 2.24) is 10.2 Å². The molecule has 0 saturated carbocycles. The predicted octanol–water partition coefficient (Wildman–Crippen LogP) is 4.01. The van der Waals surface area contributed by atoms with Crippen LogP contribution in [0.3, 0.4) is 0 Å². The van der Waals surface area contributed by atoms with Gasteiger partial charge in [0.05, 0.1) is 16.3 Å². The van der Waals surface area contributed by atoms with Gasteiger partial charge in [0.1, 0.15) is 11.7 Å². The normalized spacial score (nSPS) is 14.5. The molecular formula is C26H28N6O3S. The number of nitrogens with one attached hydrogen (secondary N) is 3. The maximum Gasteiger partial charge on any atom is 0.292 e. The van der Waals surface area contributed by atoms with Crippen LogP contribution in [0.5, 0.6) is 0 Å². The third-order valence-electron chi connectivity index (χ3n) is 6.03. The molecule has 0 bridgehead atoms. The highest BCUT2D eigenvalue weighted by molar-refractivity contribution is 7.80. The van der Waals surface area contributed by atoms with Gasteiger partial charge in [-0.3, -0.25) is 14.9 Å². The summed E-state index contributed by atoms with van der Waals surface area (Å²) in [5.74, 6) is -0.297. The molecular weight excluding hydrogens is 476 g/mol. The van der Waals surface area contributed by atoms with E-state index in [1.54, 1.807) is 18.2 Å². The van der Waals surface area contributed by atoms with Crippen LogP contribution < -0.4 is 20.9 Å². The Morgan fingerprint density at radius 2 is 1.50 bits per heavy atom. The van der Waals surface area contributed by atoms with Crippen LogP contribution in [0.4, 0.5) is 22.7 Å². The average Bonchev–Trinajstić information content (AvgIpc) is 2.89. The van der Waals surface area contributed by atoms with Crippen molar-refractivity contribution in [3.05, 3.63) is 94.5 Å². The van der Waals surface area contributed by atoms with Gasteiger partial charge in [0.25, 0.3) is 11.6 Å². The van der Waals surface area contributed by atoms with Crippen molar-refractivity contribution in [1.29, 1.82) is 0 Å². The number of nitro benzene ring substituents is 1. The molecule has 3 N–H and O–H groups in total. The lowest BCUT2D eigenvalue weighted by Gasteiger charge is -2.35. The molecule has 0 aromatic heterocycles. The maximum atomic E-state index is 13.6. The first-order valence-corrected chi connectivity index (χ1v) is 12.0. The van der Waals surface area contributed by atoms with Crippen LogP contribution >= 0.6 is 12.2 Å². The number of amides is 1. The Kier molecular flexibility index (Phi) is 8.09. The minimum atomic E-state index is -0.825. The van der Waals surface area contributed by atoms with Gasteiger partial charge in [-0.1, -0.05) is 54.6 Å². The van der Waals surface area contributed by atoms with Crippen LogP contribution in [-0.4, -0.2) is 54.1 Å². The second kappa shape index (κ2) is 11.6. The first kappa shape index (κ1) is 25.1. The molecule has 9 nitrogen and oxygen atoms in total. The molecule has 1 unspecified atom stereocenters. The Bertz CT molecular complexity index is 1230. The highest BCUT2D eigenvalue weighted by Gasteiger charge is 2.25. The van der Waals surface area contributed by atoms with Gasteiger partial charge in [-0.25, -0.2) is 0 Å². The molecule has 1 heterocycles. The van der Waals surface area contributed by atoms with Crippen molar-refractivity contribution in [2.75, 3.05) is 48.8 Å². The lowest BCUT2D eigenvalue weighted by atomic mass is 10.1. The smallest absolute Gasteiger partial charge is 0.292 e. The Morgan fingerprint density at radius 1 is 0.889 bits per heavy atom. The number of carbonyl (C=O) groups excluding carboxylic acids is 1. The van der Waals surface area contributed by atoms with E-state index in [2.05, 4.69) is 32.8 Å². The molecule has 0 aliphatic carbocycles. The Labute approximate surface area is 215 Å². The summed E-state index contributed by atoms with van der Waals surface area (Å²) in [5, 5.41) is 20.4. The van der Waals surface area contributed by atoms with E-state index in [9.17, 15) is 14.9 Å². The fourth-order valence-electron chi connectivity index (χ4n) is 4.08. The van der Waals surface area contributed by atoms with Gasteiger partial charge in [-0.15, -0.1) is 0 Å². The topological polar surface area (TPSA) is 103 Å². The van der Waals surface area contributed by atoms with Crippen LogP contribution in [0.1, 0.15) is 11.6 Å². The summed E-state index contributed by atoms with van der Waals surface area (Å²) in [7, 11) is 2.10. The molecule has 186 valence electrons. The minimum Gasteiger partial charge on any atom is -0.367 e. The molecule has 3 aromatic carbocycles. The molecule has 1 aliphatic heterocycles. The van der Waals surface area contributed by atoms with E-state index in [-0.39, 0.29) is 22.4 Å². The third kappa shape index (κ3) is 6.15. The van der Waals surface area contributed by atoms with Gasteiger partial charge in [0.2, 0.25) is 0 Å². The zero-order valence-electron chi connectivity index (χ0n) is 19.9. The third-order valence-corrected chi connectivity index (χ3v) is 6.25. The van der Waals surface area contributed by atoms with Crippen molar-refractivity contribution >= 4 is 46.0 Å². The summed E-state index contributed by atoms with van der Waals surface area (Å²) in [6, 6.07) is 22.3. The number of hydrogen-bond donors (Lipinski definition) is 3. The van der Waals surface area contributed by atoms with Gasteiger partial charge in [0.15, 0.2) is 5.11 Å². The van der Waals surface area contributed by atoms with E-state index in [1.165, 1.54) is 6.07 Å². The number of nitrogens with zero attached hydrogens (tertiary/aromatic N) is 3. The highest BCUT2D eigenvalue weighted by atomic mass is 32.1. The van der Waals surface area contributed by atoms with Gasteiger partial charge in [-0.2, -0.15) is 0 Å². The Balaban J connectivity index is 1.54. The summed E-state index contributed by atoms with van der Waals surface area (Å²) in [5.41, 5.74) is 2.52. The SMILES string of the molecule is CN1CCN(c2ccccc2NC(=O)C(NC(=S)Nc2ccccc2[N+](=O)[O-])c2ccccc2)CC1. The second-order valence-electron chi connectivity index (χ2n) is 8.51. The van der Waals surface area contributed by atoms with E-state index >= 15 is 0 Å². The first-order chi connectivity index (χ1) is 17.4. The van der Waals surface area contributed by atoms with Gasteiger partial charge in [0, 0.05) is 32.2 Å². The van der Waals surface area contributed by atoms with Crippen LogP contribution in [0.15, 0.2) is 78.9 Å². The molecule has 36 heavy (non-hydrogen) atoms. The van der Waals surface area contributed by atoms with E-state index in [0.717, 1.165) is 31.9 Å². The number of anilines is 3. The number of rotatable bonds is 7. The van der Waals surface area contributed by atoms with Crippen molar-refractivity contribution in [3.63, 3.8) is 0 Å². The monoisotopic (exact) mass is 504 g/mol. The summed E-state index contributed by atoms with van der Waals surface area (Å²) < 4.78 is 0. The van der Waals surface area contributed by atoms with Crippen molar-refractivity contribution in [2.24, 2.45) is 0 Å². The number of carbonyl (C=O) groups is 1. The zero-order chi connectivity index (χ0) is 25.5. The molecule has 0 radical (unpaired) electrons. The average molecular weight is 505 g/mol.